The average Bonchev–Trinajstić information content (AvgIpc) is 2.90. The number of hydrogen-bond acceptors (Lipinski definition) is 4. The fourth-order valence-electron chi connectivity index (χ4n) is 4.29. The first kappa shape index (κ1) is 23.5. The Kier molecular flexibility index (Phi) is 7.58. The van der Waals surface area contributed by atoms with Crippen molar-refractivity contribution in [2.24, 2.45) is 4.99 Å². The molecule has 0 aliphatic heterocycles. The molecule has 0 atom stereocenters. The van der Waals surface area contributed by atoms with E-state index in [1.165, 1.54) is 39.8 Å². The van der Waals surface area contributed by atoms with Gasteiger partial charge in [-0.3, -0.25) is 0 Å². The standard InChI is InChI=1S/C30H32N4/c1-21-6-5-7-22(2)16-26(10-8-21)27-11-13-30(31-19-27)34-24(4)18-25-9-12-29(23(3)17-25)28-14-15-32-33-20-28/h8-17,19-20H,5-7,18H2,1-4H3. The van der Waals surface area contributed by atoms with Gasteiger partial charge in [0.1, 0.15) is 0 Å². The predicted molar refractivity (Wildman–Crippen MR) is 142 cm³/mol. The molecule has 0 N–H and O–H groups in total. The second-order valence-electron chi connectivity index (χ2n) is 9.19. The van der Waals surface area contributed by atoms with Gasteiger partial charge in [0.2, 0.25) is 0 Å². The topological polar surface area (TPSA) is 51.0 Å². The maximum atomic E-state index is 4.77. The molecule has 0 saturated heterocycles. The van der Waals surface area contributed by atoms with Gasteiger partial charge in [0.05, 0.1) is 12.4 Å². The molecule has 4 heteroatoms. The van der Waals surface area contributed by atoms with Crippen LogP contribution in [0.15, 0.2) is 89.4 Å². The maximum Gasteiger partial charge on any atom is 0.151 e. The van der Waals surface area contributed by atoms with E-state index in [4.69, 9.17) is 4.99 Å². The van der Waals surface area contributed by atoms with Gasteiger partial charge in [-0.25, -0.2) is 9.98 Å². The van der Waals surface area contributed by atoms with E-state index in [1.807, 2.05) is 18.3 Å². The molecule has 0 fully saturated rings. The van der Waals surface area contributed by atoms with Crippen molar-refractivity contribution in [1.82, 2.24) is 15.2 Å². The van der Waals surface area contributed by atoms with Crippen LogP contribution in [-0.2, 0) is 6.42 Å². The zero-order valence-corrected chi connectivity index (χ0v) is 20.5. The Labute approximate surface area is 202 Å². The minimum atomic E-state index is 0.744. The monoisotopic (exact) mass is 448 g/mol. The summed E-state index contributed by atoms with van der Waals surface area (Å²) >= 11 is 0. The van der Waals surface area contributed by atoms with Crippen molar-refractivity contribution in [2.45, 2.75) is 53.4 Å². The molecule has 34 heavy (non-hydrogen) atoms. The number of pyridine rings is 1. The number of aromatic nitrogens is 3. The van der Waals surface area contributed by atoms with Gasteiger partial charge in [0.25, 0.3) is 0 Å². The summed E-state index contributed by atoms with van der Waals surface area (Å²) in [5.41, 5.74) is 10.9. The highest BCUT2D eigenvalue weighted by Crippen LogP contribution is 2.25. The first-order valence-electron chi connectivity index (χ1n) is 11.9. The third kappa shape index (κ3) is 6.22. The van der Waals surface area contributed by atoms with Crippen LogP contribution in [-0.4, -0.2) is 20.9 Å². The van der Waals surface area contributed by atoms with Gasteiger partial charge in [-0.05, 0) is 87.4 Å². The summed E-state index contributed by atoms with van der Waals surface area (Å²) in [7, 11) is 0. The van der Waals surface area contributed by atoms with Crippen LogP contribution in [0.5, 0.6) is 0 Å². The van der Waals surface area contributed by atoms with Crippen LogP contribution >= 0.6 is 0 Å². The average molecular weight is 449 g/mol. The summed E-state index contributed by atoms with van der Waals surface area (Å²) in [4.78, 5) is 9.40. The van der Waals surface area contributed by atoms with Crippen LogP contribution in [0, 0.1) is 6.92 Å². The molecular formula is C30H32N4. The highest BCUT2D eigenvalue weighted by atomic mass is 15.1. The molecule has 0 amide bonds. The molecule has 4 nitrogen and oxygen atoms in total. The zero-order chi connectivity index (χ0) is 23.9. The molecule has 0 bridgehead atoms. The quantitative estimate of drug-likeness (QED) is 0.377. The van der Waals surface area contributed by atoms with Gasteiger partial charge in [-0.2, -0.15) is 10.2 Å². The Balaban J connectivity index is 1.49. The minimum Gasteiger partial charge on any atom is -0.238 e. The van der Waals surface area contributed by atoms with Crippen LogP contribution in [0.2, 0.25) is 0 Å². The fourth-order valence-corrected chi connectivity index (χ4v) is 4.29. The summed E-state index contributed by atoms with van der Waals surface area (Å²) in [6.07, 6.45) is 16.5. The summed E-state index contributed by atoms with van der Waals surface area (Å²) in [5.74, 6) is 0.744. The molecule has 1 aliphatic rings. The lowest BCUT2D eigenvalue weighted by Gasteiger charge is -2.09. The van der Waals surface area contributed by atoms with Gasteiger partial charge >= 0.3 is 0 Å². The van der Waals surface area contributed by atoms with Crippen molar-refractivity contribution < 1.29 is 0 Å². The molecule has 2 aromatic heterocycles. The third-order valence-electron chi connectivity index (χ3n) is 6.12. The van der Waals surface area contributed by atoms with Crippen molar-refractivity contribution in [3.63, 3.8) is 0 Å². The summed E-state index contributed by atoms with van der Waals surface area (Å²) in [5, 5.41) is 7.86. The highest BCUT2D eigenvalue weighted by molar-refractivity contribution is 5.86. The first-order chi connectivity index (χ1) is 16.5. The molecule has 1 aliphatic carbocycles. The molecule has 2 heterocycles. The number of hydrogen-bond donors (Lipinski definition) is 0. The SMILES string of the molecule is CC1=CC=C(c2ccc(N=C(C)Cc3ccc(-c4ccnnc4)c(C)c3)nc2)C=C(C)CCC1. The first-order valence-corrected chi connectivity index (χ1v) is 11.9. The summed E-state index contributed by atoms with van der Waals surface area (Å²) in [6, 6.07) is 12.7. The molecule has 172 valence electrons. The maximum absolute atomic E-state index is 4.77. The number of benzene rings is 1. The minimum absolute atomic E-state index is 0.744. The summed E-state index contributed by atoms with van der Waals surface area (Å²) < 4.78 is 0. The van der Waals surface area contributed by atoms with Gasteiger partial charge < -0.3 is 0 Å². The molecule has 1 aromatic carbocycles. The molecule has 0 spiro atoms. The number of aliphatic imine (C=N–C) groups is 1. The van der Waals surface area contributed by atoms with E-state index >= 15 is 0 Å². The normalized spacial score (nSPS) is 14.9. The molecule has 0 radical (unpaired) electrons. The van der Waals surface area contributed by atoms with Gasteiger partial charge in [-0.1, -0.05) is 47.6 Å². The van der Waals surface area contributed by atoms with Crippen LogP contribution in [0.1, 0.15) is 56.7 Å². The fraction of sp³-hybridized carbons (Fsp3) is 0.267. The number of aryl methyl sites for hydroxylation is 1. The lowest BCUT2D eigenvalue weighted by Crippen LogP contribution is -1.99. The third-order valence-corrected chi connectivity index (χ3v) is 6.12. The van der Waals surface area contributed by atoms with Gasteiger partial charge in [-0.15, -0.1) is 0 Å². The highest BCUT2D eigenvalue weighted by Gasteiger charge is 2.06. The largest absolute Gasteiger partial charge is 0.238 e. The van der Waals surface area contributed by atoms with Gasteiger partial charge in [0.15, 0.2) is 5.82 Å². The van der Waals surface area contributed by atoms with E-state index < -0.39 is 0 Å². The van der Waals surface area contributed by atoms with E-state index in [-0.39, 0.29) is 0 Å². The second-order valence-corrected chi connectivity index (χ2v) is 9.19. The number of allylic oxidation sites excluding steroid dienone is 6. The van der Waals surface area contributed by atoms with Crippen LogP contribution in [0.3, 0.4) is 0 Å². The van der Waals surface area contributed by atoms with Crippen LogP contribution in [0.25, 0.3) is 16.7 Å². The van der Waals surface area contributed by atoms with E-state index in [0.717, 1.165) is 41.9 Å². The Morgan fingerprint density at radius 3 is 2.47 bits per heavy atom. The van der Waals surface area contributed by atoms with Crippen LogP contribution in [0.4, 0.5) is 5.82 Å². The predicted octanol–water partition coefficient (Wildman–Crippen LogP) is 7.64. The molecule has 0 saturated carbocycles. The zero-order valence-electron chi connectivity index (χ0n) is 20.5. The molecular weight excluding hydrogens is 416 g/mol. The smallest absolute Gasteiger partial charge is 0.151 e. The summed E-state index contributed by atoms with van der Waals surface area (Å²) in [6.45, 7) is 8.61. The van der Waals surface area contributed by atoms with E-state index in [2.05, 4.69) is 85.4 Å². The van der Waals surface area contributed by atoms with Crippen molar-refractivity contribution in [3.8, 4) is 11.1 Å². The van der Waals surface area contributed by atoms with Crippen LogP contribution < -0.4 is 0 Å². The lowest BCUT2D eigenvalue weighted by molar-refractivity contribution is 0.805. The van der Waals surface area contributed by atoms with Crippen molar-refractivity contribution in [2.75, 3.05) is 0 Å². The lowest BCUT2D eigenvalue weighted by atomic mass is 9.98. The van der Waals surface area contributed by atoms with Crippen molar-refractivity contribution in [3.05, 3.63) is 101 Å². The second kappa shape index (κ2) is 11.0. The van der Waals surface area contributed by atoms with Crippen molar-refractivity contribution >= 4 is 17.1 Å². The van der Waals surface area contributed by atoms with E-state index in [9.17, 15) is 0 Å². The van der Waals surface area contributed by atoms with Crippen molar-refractivity contribution in [1.29, 1.82) is 0 Å². The Morgan fingerprint density at radius 1 is 0.882 bits per heavy atom. The molecule has 3 aromatic rings. The Morgan fingerprint density at radius 2 is 1.74 bits per heavy atom. The van der Waals surface area contributed by atoms with E-state index in [1.54, 1.807) is 12.4 Å². The molecule has 0 unspecified atom stereocenters. The Bertz CT molecular complexity index is 1260. The molecule has 4 rings (SSSR count). The van der Waals surface area contributed by atoms with E-state index in [0.29, 0.717) is 0 Å². The Hall–Kier alpha value is -3.66. The number of nitrogens with zero attached hydrogens (tertiary/aromatic N) is 4. The number of rotatable bonds is 5. The van der Waals surface area contributed by atoms with Gasteiger partial charge in [0, 0.05) is 29.5 Å².